The molecule has 1 saturated carbocycles. The summed E-state index contributed by atoms with van der Waals surface area (Å²) in [5.74, 6) is 5.77. The van der Waals surface area contributed by atoms with Crippen LogP contribution in [0.15, 0.2) is 18.2 Å². The molecule has 4 heteroatoms. The number of nitrogens with two attached hydrogens (primary N) is 1. The SMILES string of the molecule is CCOC1CC(NC(=O)c2ccc(C)c(C#CCN)c2)C1. The monoisotopic (exact) mass is 286 g/mol. The zero-order valence-corrected chi connectivity index (χ0v) is 12.6. The molecule has 0 atom stereocenters. The first kappa shape index (κ1) is 15.6. The van der Waals surface area contributed by atoms with Crippen LogP contribution in [0.5, 0.6) is 0 Å². The maximum absolute atomic E-state index is 12.2. The van der Waals surface area contributed by atoms with Crippen molar-refractivity contribution in [2.75, 3.05) is 13.2 Å². The van der Waals surface area contributed by atoms with Crippen LogP contribution in [0.25, 0.3) is 0 Å². The van der Waals surface area contributed by atoms with E-state index in [1.807, 2.05) is 32.0 Å². The molecule has 0 aromatic heterocycles. The second kappa shape index (κ2) is 7.26. The molecule has 1 fully saturated rings. The topological polar surface area (TPSA) is 64.3 Å². The van der Waals surface area contributed by atoms with Crippen LogP contribution in [0.4, 0.5) is 0 Å². The molecule has 0 heterocycles. The fourth-order valence-electron chi connectivity index (χ4n) is 2.37. The zero-order chi connectivity index (χ0) is 15.2. The van der Waals surface area contributed by atoms with Crippen molar-refractivity contribution < 1.29 is 9.53 Å². The molecule has 1 aromatic rings. The molecule has 1 aromatic carbocycles. The van der Waals surface area contributed by atoms with Gasteiger partial charge in [-0.3, -0.25) is 4.79 Å². The van der Waals surface area contributed by atoms with Gasteiger partial charge in [-0.05, 0) is 44.4 Å². The molecular formula is C17H22N2O2. The molecule has 1 aliphatic rings. The van der Waals surface area contributed by atoms with Gasteiger partial charge in [0.05, 0.1) is 12.6 Å². The summed E-state index contributed by atoms with van der Waals surface area (Å²) in [7, 11) is 0. The van der Waals surface area contributed by atoms with E-state index >= 15 is 0 Å². The van der Waals surface area contributed by atoms with Gasteiger partial charge in [-0.2, -0.15) is 0 Å². The smallest absolute Gasteiger partial charge is 0.251 e. The molecule has 0 aliphatic heterocycles. The first-order chi connectivity index (χ1) is 10.1. The Balaban J connectivity index is 1.97. The lowest BCUT2D eigenvalue weighted by atomic mass is 9.89. The van der Waals surface area contributed by atoms with E-state index in [-0.39, 0.29) is 11.9 Å². The third kappa shape index (κ3) is 4.07. The highest BCUT2D eigenvalue weighted by Gasteiger charge is 2.30. The minimum absolute atomic E-state index is 0.0502. The van der Waals surface area contributed by atoms with Gasteiger partial charge in [0.1, 0.15) is 0 Å². The maximum Gasteiger partial charge on any atom is 0.251 e. The van der Waals surface area contributed by atoms with Gasteiger partial charge in [0, 0.05) is 23.8 Å². The molecule has 21 heavy (non-hydrogen) atoms. The summed E-state index contributed by atoms with van der Waals surface area (Å²) in [6, 6.07) is 5.79. The van der Waals surface area contributed by atoms with Crippen molar-refractivity contribution in [3.63, 3.8) is 0 Å². The van der Waals surface area contributed by atoms with Crippen molar-refractivity contribution >= 4 is 5.91 Å². The number of benzene rings is 1. The summed E-state index contributed by atoms with van der Waals surface area (Å²) in [6.45, 7) is 5.01. The summed E-state index contributed by atoms with van der Waals surface area (Å²) in [5.41, 5.74) is 7.93. The van der Waals surface area contributed by atoms with Gasteiger partial charge in [-0.1, -0.05) is 17.9 Å². The normalized spacial score (nSPS) is 20.1. The lowest BCUT2D eigenvalue weighted by Gasteiger charge is -2.35. The van der Waals surface area contributed by atoms with Crippen LogP contribution in [0, 0.1) is 18.8 Å². The van der Waals surface area contributed by atoms with Gasteiger partial charge in [-0.25, -0.2) is 0 Å². The second-order valence-corrected chi connectivity index (χ2v) is 5.25. The summed E-state index contributed by atoms with van der Waals surface area (Å²) < 4.78 is 5.49. The number of carbonyl (C=O) groups is 1. The van der Waals surface area contributed by atoms with Crippen molar-refractivity contribution in [1.29, 1.82) is 0 Å². The molecule has 3 N–H and O–H groups in total. The molecule has 0 spiro atoms. The van der Waals surface area contributed by atoms with Crippen molar-refractivity contribution in [3.05, 3.63) is 34.9 Å². The van der Waals surface area contributed by atoms with Gasteiger partial charge >= 0.3 is 0 Å². The molecule has 4 nitrogen and oxygen atoms in total. The second-order valence-electron chi connectivity index (χ2n) is 5.25. The predicted molar refractivity (Wildman–Crippen MR) is 83.0 cm³/mol. The Morgan fingerprint density at radius 1 is 1.48 bits per heavy atom. The minimum Gasteiger partial charge on any atom is -0.378 e. The van der Waals surface area contributed by atoms with E-state index in [1.54, 1.807) is 0 Å². The van der Waals surface area contributed by atoms with Crippen LogP contribution in [0.3, 0.4) is 0 Å². The first-order valence-electron chi connectivity index (χ1n) is 7.36. The third-order valence-corrected chi connectivity index (χ3v) is 3.66. The number of hydrogen-bond donors (Lipinski definition) is 2. The Morgan fingerprint density at radius 2 is 2.24 bits per heavy atom. The van der Waals surface area contributed by atoms with Crippen molar-refractivity contribution in [1.82, 2.24) is 5.32 Å². The molecular weight excluding hydrogens is 264 g/mol. The molecule has 1 amide bonds. The van der Waals surface area contributed by atoms with Gasteiger partial charge in [-0.15, -0.1) is 0 Å². The number of nitrogens with one attached hydrogen (secondary N) is 1. The third-order valence-electron chi connectivity index (χ3n) is 3.66. The van der Waals surface area contributed by atoms with Crippen molar-refractivity contribution in [3.8, 4) is 11.8 Å². The van der Waals surface area contributed by atoms with Crippen LogP contribution in [-0.2, 0) is 4.74 Å². The van der Waals surface area contributed by atoms with Crippen LogP contribution in [0.1, 0.15) is 41.3 Å². The molecule has 112 valence electrons. The number of carbonyl (C=O) groups excluding carboxylic acids is 1. The quantitative estimate of drug-likeness (QED) is 0.826. The number of rotatable bonds is 4. The molecule has 0 radical (unpaired) electrons. The van der Waals surface area contributed by atoms with Crippen LogP contribution < -0.4 is 11.1 Å². The summed E-state index contributed by atoms with van der Waals surface area (Å²) in [5, 5.41) is 3.03. The van der Waals surface area contributed by atoms with E-state index in [0.29, 0.717) is 18.2 Å². The van der Waals surface area contributed by atoms with Gasteiger partial charge < -0.3 is 15.8 Å². The van der Waals surface area contributed by atoms with Crippen LogP contribution >= 0.6 is 0 Å². The average Bonchev–Trinajstić information content (AvgIpc) is 2.44. The summed E-state index contributed by atoms with van der Waals surface area (Å²) in [4.78, 5) is 12.2. The van der Waals surface area contributed by atoms with Crippen molar-refractivity contribution in [2.24, 2.45) is 5.73 Å². The van der Waals surface area contributed by atoms with Crippen LogP contribution in [0.2, 0.25) is 0 Å². The van der Waals surface area contributed by atoms with Gasteiger partial charge in [0.2, 0.25) is 0 Å². The standard InChI is InChI=1S/C17H22N2O2/c1-3-21-16-10-15(11-16)19-17(20)14-7-6-12(2)13(9-14)5-4-8-18/h6-7,9,15-16H,3,8,10-11,18H2,1-2H3,(H,19,20). The molecule has 1 aliphatic carbocycles. The number of ether oxygens (including phenoxy) is 1. The Kier molecular flexibility index (Phi) is 5.38. The zero-order valence-electron chi connectivity index (χ0n) is 12.6. The van der Waals surface area contributed by atoms with E-state index in [4.69, 9.17) is 10.5 Å². The largest absolute Gasteiger partial charge is 0.378 e. The highest BCUT2D eigenvalue weighted by molar-refractivity contribution is 5.95. The molecule has 0 bridgehead atoms. The Hall–Kier alpha value is -1.83. The van der Waals surface area contributed by atoms with E-state index in [0.717, 1.165) is 30.6 Å². The van der Waals surface area contributed by atoms with E-state index in [1.165, 1.54) is 0 Å². The molecule has 2 rings (SSSR count). The lowest BCUT2D eigenvalue weighted by Crippen LogP contribution is -2.47. The molecule has 0 saturated heterocycles. The Morgan fingerprint density at radius 3 is 2.90 bits per heavy atom. The molecule has 0 unspecified atom stereocenters. The van der Waals surface area contributed by atoms with E-state index in [9.17, 15) is 4.79 Å². The fraction of sp³-hybridized carbons (Fsp3) is 0.471. The Bertz CT molecular complexity index is 566. The van der Waals surface area contributed by atoms with Gasteiger partial charge in [0.15, 0.2) is 0 Å². The highest BCUT2D eigenvalue weighted by atomic mass is 16.5. The highest BCUT2D eigenvalue weighted by Crippen LogP contribution is 2.23. The van der Waals surface area contributed by atoms with Crippen LogP contribution in [-0.4, -0.2) is 31.2 Å². The van der Waals surface area contributed by atoms with Gasteiger partial charge in [0.25, 0.3) is 5.91 Å². The maximum atomic E-state index is 12.2. The predicted octanol–water partition coefficient (Wildman–Crippen LogP) is 1.60. The lowest BCUT2D eigenvalue weighted by molar-refractivity contribution is -0.00862. The number of amides is 1. The number of aryl methyl sites for hydroxylation is 1. The fourth-order valence-corrected chi connectivity index (χ4v) is 2.37. The Labute approximate surface area is 126 Å². The number of hydrogen-bond acceptors (Lipinski definition) is 3. The first-order valence-corrected chi connectivity index (χ1v) is 7.36. The minimum atomic E-state index is -0.0502. The average molecular weight is 286 g/mol. The summed E-state index contributed by atoms with van der Waals surface area (Å²) >= 11 is 0. The van der Waals surface area contributed by atoms with E-state index < -0.39 is 0 Å². The van der Waals surface area contributed by atoms with E-state index in [2.05, 4.69) is 17.2 Å². The van der Waals surface area contributed by atoms with Crippen molar-refractivity contribution in [2.45, 2.75) is 38.8 Å². The summed E-state index contributed by atoms with van der Waals surface area (Å²) in [6.07, 6.45) is 2.08.